The number of carbonyl (C=O) groups excluding carboxylic acids is 2. The van der Waals surface area contributed by atoms with E-state index in [1.54, 1.807) is 35.6 Å². The summed E-state index contributed by atoms with van der Waals surface area (Å²) in [6, 6.07) is 14.1. The Morgan fingerprint density at radius 2 is 1.42 bits per heavy atom. The highest BCUT2D eigenvalue weighted by molar-refractivity contribution is 6.01. The molecule has 0 saturated carbocycles. The van der Waals surface area contributed by atoms with E-state index in [9.17, 15) is 22.8 Å². The zero-order valence-electron chi connectivity index (χ0n) is 12.3. The predicted molar refractivity (Wildman–Crippen MR) is 81.7 cm³/mol. The van der Waals surface area contributed by atoms with Crippen molar-refractivity contribution in [2.45, 2.75) is 6.18 Å². The molecular weight excluding hydrogens is 325 g/mol. The molecule has 126 valence electrons. The molecular formula is C16H13F3N2O3. The summed E-state index contributed by atoms with van der Waals surface area (Å²) in [4.78, 5) is 22.9. The molecule has 0 aliphatic carbocycles. The molecule has 2 aromatic carbocycles. The van der Waals surface area contributed by atoms with Crippen molar-refractivity contribution in [3.63, 3.8) is 0 Å². The summed E-state index contributed by atoms with van der Waals surface area (Å²) in [5.74, 6) is -2.22. The highest BCUT2D eigenvalue weighted by atomic mass is 19.4. The number of para-hydroxylation sites is 3. The van der Waals surface area contributed by atoms with Crippen LogP contribution in [0, 0.1) is 0 Å². The molecule has 0 heterocycles. The van der Waals surface area contributed by atoms with Crippen molar-refractivity contribution >= 4 is 23.2 Å². The van der Waals surface area contributed by atoms with Gasteiger partial charge in [-0.05, 0) is 24.3 Å². The third-order valence-corrected chi connectivity index (χ3v) is 2.82. The van der Waals surface area contributed by atoms with Gasteiger partial charge in [0.1, 0.15) is 5.75 Å². The van der Waals surface area contributed by atoms with Crippen molar-refractivity contribution in [1.29, 1.82) is 0 Å². The first-order valence-corrected chi connectivity index (χ1v) is 6.81. The van der Waals surface area contributed by atoms with Gasteiger partial charge in [-0.2, -0.15) is 13.2 Å². The first kappa shape index (κ1) is 17.3. The Hall–Kier alpha value is -3.03. The smallest absolute Gasteiger partial charge is 0.471 e. The fraction of sp³-hybridized carbons (Fsp3) is 0.125. The lowest BCUT2D eigenvalue weighted by molar-refractivity contribution is -0.167. The molecule has 24 heavy (non-hydrogen) atoms. The average Bonchev–Trinajstić information content (AvgIpc) is 2.55. The van der Waals surface area contributed by atoms with E-state index in [1.165, 1.54) is 24.3 Å². The Bertz CT molecular complexity index is 718. The lowest BCUT2D eigenvalue weighted by atomic mass is 10.2. The van der Waals surface area contributed by atoms with Gasteiger partial charge in [-0.15, -0.1) is 0 Å². The number of anilines is 2. The molecule has 2 amide bonds. The van der Waals surface area contributed by atoms with Gasteiger partial charge in [-0.25, -0.2) is 0 Å². The van der Waals surface area contributed by atoms with E-state index in [2.05, 4.69) is 5.32 Å². The normalized spacial score (nSPS) is 10.8. The molecule has 0 spiro atoms. The maximum Gasteiger partial charge on any atom is 0.471 e. The van der Waals surface area contributed by atoms with E-state index in [1.807, 2.05) is 0 Å². The fourth-order valence-electron chi connectivity index (χ4n) is 1.75. The molecule has 0 fully saturated rings. The maximum absolute atomic E-state index is 12.3. The Morgan fingerprint density at radius 1 is 0.875 bits per heavy atom. The van der Waals surface area contributed by atoms with Gasteiger partial charge in [0.25, 0.3) is 5.91 Å². The van der Waals surface area contributed by atoms with Crippen molar-refractivity contribution in [2.24, 2.45) is 0 Å². The lowest BCUT2D eigenvalue weighted by Crippen LogP contribution is -2.30. The van der Waals surface area contributed by atoms with Crippen LogP contribution in [-0.2, 0) is 9.59 Å². The molecule has 0 aromatic heterocycles. The van der Waals surface area contributed by atoms with Gasteiger partial charge in [-0.1, -0.05) is 30.3 Å². The zero-order chi connectivity index (χ0) is 17.6. The van der Waals surface area contributed by atoms with Gasteiger partial charge in [0.05, 0.1) is 11.4 Å². The number of ether oxygens (including phenoxy) is 1. The third-order valence-electron chi connectivity index (χ3n) is 2.82. The Balaban J connectivity index is 1.99. The monoisotopic (exact) mass is 338 g/mol. The van der Waals surface area contributed by atoms with Crippen molar-refractivity contribution < 1.29 is 27.5 Å². The topological polar surface area (TPSA) is 67.4 Å². The molecule has 2 N–H and O–H groups in total. The minimum Gasteiger partial charge on any atom is -0.484 e. The van der Waals surface area contributed by atoms with E-state index in [4.69, 9.17) is 4.74 Å². The Labute approximate surface area is 135 Å². The number of nitrogens with one attached hydrogen (secondary N) is 2. The second kappa shape index (κ2) is 7.49. The number of hydrogen-bond donors (Lipinski definition) is 2. The SMILES string of the molecule is O=C(COc1ccccc1)Nc1ccccc1NC(=O)C(F)(F)F. The molecule has 0 aliphatic rings. The maximum atomic E-state index is 12.3. The van der Waals surface area contributed by atoms with Crippen LogP contribution in [0.25, 0.3) is 0 Å². The molecule has 5 nitrogen and oxygen atoms in total. The van der Waals surface area contributed by atoms with Crippen LogP contribution >= 0.6 is 0 Å². The number of amides is 2. The van der Waals surface area contributed by atoms with E-state index in [-0.39, 0.29) is 18.0 Å². The number of alkyl halides is 3. The summed E-state index contributed by atoms with van der Waals surface area (Å²) in [6.07, 6.45) is -5.02. The van der Waals surface area contributed by atoms with Crippen LogP contribution in [0.2, 0.25) is 0 Å². The second-order valence-electron chi connectivity index (χ2n) is 4.65. The first-order valence-electron chi connectivity index (χ1n) is 6.81. The minimum absolute atomic E-state index is 0.0387. The minimum atomic E-state index is -5.02. The van der Waals surface area contributed by atoms with Crippen LogP contribution < -0.4 is 15.4 Å². The van der Waals surface area contributed by atoms with E-state index in [0.29, 0.717) is 5.75 Å². The number of halogens is 3. The number of hydrogen-bond acceptors (Lipinski definition) is 3. The van der Waals surface area contributed by atoms with Crippen LogP contribution in [0.3, 0.4) is 0 Å². The van der Waals surface area contributed by atoms with Gasteiger partial charge >= 0.3 is 12.1 Å². The molecule has 0 saturated heterocycles. The van der Waals surface area contributed by atoms with Crippen LogP contribution in [0.1, 0.15) is 0 Å². The highest BCUT2D eigenvalue weighted by Gasteiger charge is 2.39. The van der Waals surface area contributed by atoms with E-state index < -0.39 is 18.0 Å². The third kappa shape index (κ3) is 5.01. The summed E-state index contributed by atoms with van der Waals surface area (Å²) in [5.41, 5.74) is -0.121. The van der Waals surface area contributed by atoms with Gasteiger partial charge in [0.15, 0.2) is 6.61 Å². The molecule has 0 unspecified atom stereocenters. The zero-order valence-corrected chi connectivity index (χ0v) is 12.3. The van der Waals surface area contributed by atoms with Crippen molar-refractivity contribution in [1.82, 2.24) is 0 Å². The largest absolute Gasteiger partial charge is 0.484 e. The Morgan fingerprint density at radius 3 is 2.00 bits per heavy atom. The summed E-state index contributed by atoms with van der Waals surface area (Å²) < 4.78 is 42.2. The molecule has 2 rings (SSSR count). The molecule has 0 bridgehead atoms. The average molecular weight is 338 g/mol. The van der Waals surface area contributed by atoms with Gasteiger partial charge in [-0.3, -0.25) is 9.59 Å². The summed E-state index contributed by atoms with van der Waals surface area (Å²) in [6.45, 7) is -0.328. The van der Waals surface area contributed by atoms with Crippen molar-refractivity contribution in [3.05, 3.63) is 54.6 Å². The summed E-state index contributed by atoms with van der Waals surface area (Å²) >= 11 is 0. The standard InChI is InChI=1S/C16H13F3N2O3/c17-16(18,19)15(23)21-13-9-5-4-8-12(13)20-14(22)10-24-11-6-2-1-3-7-11/h1-9H,10H2,(H,20,22)(H,21,23). The molecule has 2 aromatic rings. The van der Waals surface area contributed by atoms with Crippen molar-refractivity contribution in [2.75, 3.05) is 17.2 Å². The summed E-state index contributed by atoms with van der Waals surface area (Å²) in [7, 11) is 0. The van der Waals surface area contributed by atoms with Crippen LogP contribution in [0.4, 0.5) is 24.5 Å². The van der Waals surface area contributed by atoms with Gasteiger partial charge in [0.2, 0.25) is 0 Å². The van der Waals surface area contributed by atoms with Gasteiger partial charge < -0.3 is 15.4 Å². The van der Waals surface area contributed by atoms with Gasteiger partial charge in [0, 0.05) is 0 Å². The van der Waals surface area contributed by atoms with Crippen LogP contribution in [0.15, 0.2) is 54.6 Å². The quantitative estimate of drug-likeness (QED) is 0.880. The van der Waals surface area contributed by atoms with Crippen molar-refractivity contribution in [3.8, 4) is 5.75 Å². The molecule has 0 atom stereocenters. The second-order valence-corrected chi connectivity index (χ2v) is 4.65. The van der Waals surface area contributed by atoms with E-state index >= 15 is 0 Å². The Kier molecular flexibility index (Phi) is 5.41. The first-order chi connectivity index (χ1) is 11.4. The molecule has 8 heteroatoms. The fourth-order valence-corrected chi connectivity index (χ4v) is 1.75. The number of carbonyl (C=O) groups is 2. The number of rotatable bonds is 5. The highest BCUT2D eigenvalue weighted by Crippen LogP contribution is 2.24. The summed E-state index contributed by atoms with van der Waals surface area (Å²) in [5, 5.41) is 4.10. The lowest BCUT2D eigenvalue weighted by Gasteiger charge is -2.13. The predicted octanol–water partition coefficient (Wildman–Crippen LogP) is 3.20. The molecule has 0 aliphatic heterocycles. The van der Waals surface area contributed by atoms with Crippen LogP contribution in [-0.4, -0.2) is 24.6 Å². The molecule has 0 radical (unpaired) electrons. The van der Waals surface area contributed by atoms with E-state index in [0.717, 1.165) is 0 Å². The number of benzene rings is 2. The van der Waals surface area contributed by atoms with Crippen LogP contribution in [0.5, 0.6) is 5.75 Å².